The third-order valence-electron chi connectivity index (χ3n) is 6.85. The molecule has 0 aromatic heterocycles. The minimum Gasteiger partial charge on any atom is -0.481 e. The van der Waals surface area contributed by atoms with Crippen LogP contribution in [0.5, 0.6) is 0 Å². The van der Waals surface area contributed by atoms with Crippen LogP contribution in [-0.4, -0.2) is 70.3 Å². The Labute approximate surface area is 232 Å². The van der Waals surface area contributed by atoms with Gasteiger partial charge < -0.3 is 35.8 Å². The van der Waals surface area contributed by atoms with Crippen molar-refractivity contribution in [1.29, 1.82) is 0 Å². The van der Waals surface area contributed by atoms with E-state index in [1.54, 1.807) is 0 Å². The molecular weight excluding hydrogens is 502 g/mol. The van der Waals surface area contributed by atoms with Crippen LogP contribution in [0.1, 0.15) is 107 Å². The van der Waals surface area contributed by atoms with Crippen molar-refractivity contribution in [3.05, 3.63) is 23.8 Å². The monoisotopic (exact) mass is 548 g/mol. The predicted molar refractivity (Wildman–Crippen MR) is 153 cm³/mol. The molecule has 218 valence electrons. The summed E-state index contributed by atoms with van der Waals surface area (Å²) >= 11 is 0. The molecule has 0 heterocycles. The first-order chi connectivity index (χ1) is 18.6. The molecule has 0 saturated heterocycles. The number of rotatable bonds is 22. The molecule has 1 atom stereocenters. The first-order valence-corrected chi connectivity index (χ1v) is 14.3. The quantitative estimate of drug-likeness (QED) is 0.0832. The van der Waals surface area contributed by atoms with Crippen molar-refractivity contribution in [3.8, 4) is 0 Å². The molecule has 2 amide bonds. The Balaban J connectivity index is 2.01. The van der Waals surface area contributed by atoms with Crippen LogP contribution >= 0.6 is 0 Å². The Morgan fingerprint density at radius 1 is 0.718 bits per heavy atom. The van der Waals surface area contributed by atoms with Crippen LogP contribution in [-0.2, 0) is 9.59 Å². The minimum absolute atomic E-state index is 0.0146. The van der Waals surface area contributed by atoms with Gasteiger partial charge in [0.15, 0.2) is 0 Å². The summed E-state index contributed by atoms with van der Waals surface area (Å²) in [5.74, 6) is -1.37. The zero-order chi connectivity index (χ0) is 29.0. The zero-order valence-electron chi connectivity index (χ0n) is 23.2. The summed E-state index contributed by atoms with van der Waals surface area (Å²) in [7, 11) is -3.63. The Bertz CT molecular complexity index is 844. The third-order valence-corrected chi connectivity index (χ3v) is 6.85. The van der Waals surface area contributed by atoms with Crippen molar-refractivity contribution in [2.75, 3.05) is 13.1 Å². The number of carboxylic acid groups (broad SMARTS) is 1. The fraction of sp³-hybridized carbons (Fsp3) is 0.667. The number of nitrogens with one attached hydrogen (secondary N) is 2. The Morgan fingerprint density at radius 3 is 1.72 bits per heavy atom. The highest BCUT2D eigenvalue weighted by molar-refractivity contribution is 6.62. The van der Waals surface area contributed by atoms with E-state index in [9.17, 15) is 34.5 Å². The van der Waals surface area contributed by atoms with Gasteiger partial charge in [-0.05, 0) is 55.2 Å². The van der Waals surface area contributed by atoms with E-state index in [2.05, 4.69) is 10.6 Å². The number of carbonyl (C=O) groups is 3. The van der Waals surface area contributed by atoms with Gasteiger partial charge in [0.1, 0.15) is 0 Å². The number of carbonyl (C=O) groups excluding carboxylic acids is 2. The van der Waals surface area contributed by atoms with Crippen molar-refractivity contribution < 1.29 is 39.6 Å². The highest BCUT2D eigenvalue weighted by Crippen LogP contribution is 2.13. The smallest absolute Gasteiger partial charge is 0.481 e. The highest BCUT2D eigenvalue weighted by atomic mass is 16.4. The maximum atomic E-state index is 12.3. The number of hydrogen-bond acceptors (Lipinski definition) is 7. The maximum Gasteiger partial charge on any atom is 0.488 e. The Morgan fingerprint density at radius 2 is 1.21 bits per heavy atom. The number of benzene rings is 1. The average molecular weight is 548 g/mol. The number of aliphatic carboxylic acids is 1. The summed E-state index contributed by atoms with van der Waals surface area (Å²) < 4.78 is 0. The number of amides is 2. The van der Waals surface area contributed by atoms with Gasteiger partial charge in [0.05, 0.1) is 5.92 Å². The lowest BCUT2D eigenvalue weighted by molar-refractivity contribution is -0.142. The van der Waals surface area contributed by atoms with Crippen molar-refractivity contribution in [2.24, 2.45) is 5.92 Å². The molecule has 10 nitrogen and oxygen atoms in total. The van der Waals surface area contributed by atoms with E-state index in [0.29, 0.717) is 32.4 Å². The summed E-state index contributed by atoms with van der Waals surface area (Å²) in [6.45, 7) is 2.96. The van der Waals surface area contributed by atoms with Crippen LogP contribution in [0, 0.1) is 5.92 Å². The summed E-state index contributed by atoms with van der Waals surface area (Å²) in [6, 6.07) is 3.85. The lowest BCUT2D eigenvalue weighted by Gasteiger charge is -2.10. The lowest BCUT2D eigenvalue weighted by Crippen LogP contribution is -2.40. The van der Waals surface area contributed by atoms with E-state index < -0.39 is 26.1 Å². The Hall–Kier alpha value is -2.40. The molecule has 1 aromatic carbocycles. The fourth-order valence-corrected chi connectivity index (χ4v) is 4.39. The molecule has 1 aromatic rings. The SMILES string of the molecule is CC[C@@H](CCCCNC(=O)CCCCCCCCCCCNC(=O)c1cc(B(O)O)cc(B(O)O)c1)C(=O)O. The van der Waals surface area contributed by atoms with Crippen LogP contribution in [0.4, 0.5) is 0 Å². The topological polar surface area (TPSA) is 176 Å². The van der Waals surface area contributed by atoms with Crippen LogP contribution in [0.3, 0.4) is 0 Å². The number of carboxylic acids is 1. The fourth-order valence-electron chi connectivity index (χ4n) is 4.39. The average Bonchev–Trinajstić information content (AvgIpc) is 2.90. The molecule has 0 aliphatic rings. The summed E-state index contributed by atoms with van der Waals surface area (Å²) in [5.41, 5.74) is 0.168. The van der Waals surface area contributed by atoms with Crippen LogP contribution < -0.4 is 21.6 Å². The summed E-state index contributed by atoms with van der Waals surface area (Å²) in [4.78, 5) is 35.2. The van der Waals surface area contributed by atoms with Crippen molar-refractivity contribution in [2.45, 2.75) is 96.8 Å². The molecule has 0 saturated carbocycles. The standard InChI is InChI=1S/C27H46B2N2O8/c1-2-21(27(34)35)14-11-13-16-30-25(32)15-10-8-6-4-3-5-7-9-12-17-31-26(33)22-18-23(28(36)37)20-24(19-22)29(38)39/h18-21,36-39H,2-17H2,1H3,(H,30,32)(H,31,33)(H,34,35)/t21-/m0/s1. The van der Waals surface area contributed by atoms with Gasteiger partial charge in [-0.15, -0.1) is 0 Å². The van der Waals surface area contributed by atoms with Crippen molar-refractivity contribution >= 4 is 42.9 Å². The predicted octanol–water partition coefficient (Wildman–Crippen LogP) is 1.07. The molecule has 0 spiro atoms. The second-order valence-corrected chi connectivity index (χ2v) is 10.1. The molecule has 12 heteroatoms. The largest absolute Gasteiger partial charge is 0.488 e. The van der Waals surface area contributed by atoms with E-state index in [4.69, 9.17) is 5.11 Å². The molecule has 0 fully saturated rings. The molecular formula is C27H46B2N2O8. The molecule has 0 aliphatic carbocycles. The normalized spacial score (nSPS) is 11.6. The molecule has 7 N–H and O–H groups in total. The van der Waals surface area contributed by atoms with E-state index in [1.165, 1.54) is 18.2 Å². The lowest BCUT2D eigenvalue weighted by atomic mass is 9.72. The first kappa shape index (κ1) is 34.6. The Kier molecular flexibility index (Phi) is 18.2. The maximum absolute atomic E-state index is 12.3. The van der Waals surface area contributed by atoms with Gasteiger partial charge in [-0.3, -0.25) is 14.4 Å². The molecule has 39 heavy (non-hydrogen) atoms. The second-order valence-electron chi connectivity index (χ2n) is 10.1. The molecule has 0 aliphatic heterocycles. The van der Waals surface area contributed by atoms with Crippen molar-refractivity contribution in [1.82, 2.24) is 10.6 Å². The van der Waals surface area contributed by atoms with E-state index >= 15 is 0 Å². The van der Waals surface area contributed by atoms with Gasteiger partial charge in [-0.1, -0.05) is 64.4 Å². The molecule has 0 bridgehead atoms. The minimum atomic E-state index is -1.82. The van der Waals surface area contributed by atoms with E-state index in [0.717, 1.165) is 70.6 Å². The molecule has 0 unspecified atom stereocenters. The number of unbranched alkanes of at least 4 members (excludes halogenated alkanes) is 9. The van der Waals surface area contributed by atoms with Crippen molar-refractivity contribution in [3.63, 3.8) is 0 Å². The van der Waals surface area contributed by atoms with Gasteiger partial charge in [0.25, 0.3) is 5.91 Å². The molecule has 1 rings (SSSR count). The molecule has 0 radical (unpaired) electrons. The van der Waals surface area contributed by atoms with Gasteiger partial charge in [-0.25, -0.2) is 0 Å². The van der Waals surface area contributed by atoms with E-state index in [1.807, 2.05) is 6.92 Å². The summed E-state index contributed by atoms with van der Waals surface area (Å²) in [5, 5.41) is 52.1. The van der Waals surface area contributed by atoms with Gasteiger partial charge in [-0.2, -0.15) is 0 Å². The van der Waals surface area contributed by atoms with Crippen LogP contribution in [0.2, 0.25) is 0 Å². The first-order valence-electron chi connectivity index (χ1n) is 14.3. The van der Waals surface area contributed by atoms with E-state index in [-0.39, 0.29) is 28.3 Å². The highest BCUT2D eigenvalue weighted by Gasteiger charge is 2.20. The van der Waals surface area contributed by atoms with Crippen LogP contribution in [0.25, 0.3) is 0 Å². The van der Waals surface area contributed by atoms with Crippen LogP contribution in [0.15, 0.2) is 18.2 Å². The number of hydrogen-bond donors (Lipinski definition) is 7. The van der Waals surface area contributed by atoms with Gasteiger partial charge in [0, 0.05) is 25.1 Å². The summed E-state index contributed by atoms with van der Waals surface area (Å²) in [6.07, 6.45) is 12.7. The third kappa shape index (κ3) is 15.7. The second kappa shape index (κ2) is 20.5. The zero-order valence-corrected chi connectivity index (χ0v) is 23.2. The van der Waals surface area contributed by atoms with Gasteiger partial charge in [0.2, 0.25) is 5.91 Å². The van der Waals surface area contributed by atoms with Gasteiger partial charge >= 0.3 is 20.2 Å².